The molecule has 0 fully saturated rings. The fraction of sp³-hybridized carbons (Fsp3) is 0.600. The molecule has 0 bridgehead atoms. The molecule has 0 saturated heterocycles. The van der Waals surface area contributed by atoms with Gasteiger partial charge in [0, 0.05) is 30.4 Å². The summed E-state index contributed by atoms with van der Waals surface area (Å²) in [4.78, 5) is 18.7. The Kier molecular flexibility index (Phi) is 6.45. The second-order valence-corrected chi connectivity index (χ2v) is 5.45. The second-order valence-electron chi connectivity index (χ2n) is 5.45. The van der Waals surface area contributed by atoms with Crippen LogP contribution in [-0.4, -0.2) is 49.0 Å². The lowest BCUT2D eigenvalue weighted by molar-refractivity contribution is 0.0934. The van der Waals surface area contributed by atoms with Crippen molar-refractivity contribution in [3.63, 3.8) is 0 Å². The van der Waals surface area contributed by atoms with Crippen molar-refractivity contribution in [2.24, 2.45) is 0 Å². The van der Waals surface area contributed by atoms with Crippen molar-refractivity contribution < 1.29 is 4.79 Å². The maximum atomic E-state index is 12.2. The zero-order valence-electron chi connectivity index (χ0n) is 13.2. The van der Waals surface area contributed by atoms with Gasteiger partial charge in [0.25, 0.3) is 5.91 Å². The zero-order chi connectivity index (χ0) is 15.1. The van der Waals surface area contributed by atoms with Gasteiger partial charge in [0.1, 0.15) is 5.82 Å². The largest absolute Gasteiger partial charge is 0.370 e. The third kappa shape index (κ3) is 5.57. The lowest BCUT2D eigenvalue weighted by Crippen LogP contribution is -2.39. The molecule has 1 unspecified atom stereocenters. The molecule has 0 spiro atoms. The van der Waals surface area contributed by atoms with Gasteiger partial charge in [0.15, 0.2) is 0 Å². The Balaban J connectivity index is 2.74. The molecule has 2 N–H and O–H groups in total. The fourth-order valence-electron chi connectivity index (χ4n) is 2.04. The van der Waals surface area contributed by atoms with Gasteiger partial charge in [-0.15, -0.1) is 0 Å². The van der Waals surface area contributed by atoms with Crippen molar-refractivity contribution in [2.75, 3.05) is 32.5 Å². The Morgan fingerprint density at radius 1 is 1.40 bits per heavy atom. The van der Waals surface area contributed by atoms with Crippen molar-refractivity contribution in [3.05, 3.63) is 23.4 Å². The molecule has 0 radical (unpaired) electrons. The number of carbonyl (C=O) groups is 1. The first-order chi connectivity index (χ1) is 9.42. The maximum absolute atomic E-state index is 12.2. The van der Waals surface area contributed by atoms with E-state index in [1.165, 1.54) is 0 Å². The van der Waals surface area contributed by atoms with Crippen molar-refractivity contribution >= 4 is 11.7 Å². The number of hydrogen-bond donors (Lipinski definition) is 2. The number of amides is 1. The summed E-state index contributed by atoms with van der Waals surface area (Å²) >= 11 is 0. The van der Waals surface area contributed by atoms with E-state index in [0.29, 0.717) is 5.56 Å². The molecule has 1 aromatic heterocycles. The molecule has 0 aliphatic heterocycles. The molecule has 0 aliphatic carbocycles. The molecule has 1 heterocycles. The van der Waals surface area contributed by atoms with Crippen molar-refractivity contribution in [1.29, 1.82) is 0 Å². The van der Waals surface area contributed by atoms with E-state index in [4.69, 9.17) is 0 Å². The summed E-state index contributed by atoms with van der Waals surface area (Å²) in [6, 6.07) is 3.73. The third-order valence-electron chi connectivity index (χ3n) is 2.79. The predicted molar refractivity (Wildman–Crippen MR) is 83.2 cm³/mol. The van der Waals surface area contributed by atoms with Crippen LogP contribution in [0.4, 0.5) is 5.82 Å². The fourth-order valence-corrected chi connectivity index (χ4v) is 2.04. The summed E-state index contributed by atoms with van der Waals surface area (Å²) in [5, 5.41) is 6.22. The lowest BCUT2D eigenvalue weighted by Gasteiger charge is -2.18. The van der Waals surface area contributed by atoms with Crippen LogP contribution in [0.1, 0.15) is 36.3 Å². The summed E-state index contributed by atoms with van der Waals surface area (Å²) in [5.41, 5.74) is 1.50. The Morgan fingerprint density at radius 2 is 2.10 bits per heavy atom. The first kappa shape index (κ1) is 16.4. The van der Waals surface area contributed by atoms with E-state index in [0.717, 1.165) is 31.0 Å². The molecule has 5 nitrogen and oxygen atoms in total. The second kappa shape index (κ2) is 7.85. The average Bonchev–Trinajstić information content (AvgIpc) is 2.34. The van der Waals surface area contributed by atoms with Crippen LogP contribution in [0.5, 0.6) is 0 Å². The maximum Gasteiger partial charge on any atom is 0.251 e. The van der Waals surface area contributed by atoms with Crippen LogP contribution in [0.25, 0.3) is 0 Å². The Morgan fingerprint density at radius 3 is 2.70 bits per heavy atom. The minimum Gasteiger partial charge on any atom is -0.370 e. The number of nitrogens with one attached hydrogen (secondary N) is 2. The van der Waals surface area contributed by atoms with Gasteiger partial charge in [-0.1, -0.05) is 6.92 Å². The van der Waals surface area contributed by atoms with E-state index in [1.54, 1.807) is 6.07 Å². The SMILES string of the molecule is CCCNc1cc(C(=O)NC(C)CN(C)C)cc(C)n1. The Hall–Kier alpha value is -1.62. The third-order valence-corrected chi connectivity index (χ3v) is 2.79. The van der Waals surface area contributed by atoms with Crippen LogP contribution in [0.2, 0.25) is 0 Å². The highest BCUT2D eigenvalue weighted by atomic mass is 16.1. The lowest BCUT2D eigenvalue weighted by atomic mass is 10.2. The normalized spacial score (nSPS) is 12.3. The zero-order valence-corrected chi connectivity index (χ0v) is 13.2. The molecular weight excluding hydrogens is 252 g/mol. The quantitative estimate of drug-likeness (QED) is 0.800. The van der Waals surface area contributed by atoms with Crippen LogP contribution >= 0.6 is 0 Å². The van der Waals surface area contributed by atoms with Crippen LogP contribution in [0.3, 0.4) is 0 Å². The Labute approximate surface area is 121 Å². The van der Waals surface area contributed by atoms with Gasteiger partial charge < -0.3 is 15.5 Å². The van der Waals surface area contributed by atoms with E-state index in [-0.39, 0.29) is 11.9 Å². The number of hydrogen-bond acceptors (Lipinski definition) is 4. The minimum absolute atomic E-state index is 0.0515. The first-order valence-electron chi connectivity index (χ1n) is 7.10. The molecule has 0 aromatic carbocycles. The van der Waals surface area contributed by atoms with Crippen molar-refractivity contribution in [3.8, 4) is 0 Å². The van der Waals surface area contributed by atoms with E-state index in [9.17, 15) is 4.79 Å². The monoisotopic (exact) mass is 278 g/mol. The number of rotatable bonds is 7. The highest BCUT2D eigenvalue weighted by molar-refractivity contribution is 5.95. The minimum atomic E-state index is -0.0515. The molecule has 5 heteroatoms. The number of nitrogens with zero attached hydrogens (tertiary/aromatic N) is 2. The van der Waals surface area contributed by atoms with Gasteiger partial charge in [0.2, 0.25) is 0 Å². The van der Waals surface area contributed by atoms with Crippen LogP contribution < -0.4 is 10.6 Å². The summed E-state index contributed by atoms with van der Waals surface area (Å²) in [5.74, 6) is 0.710. The topological polar surface area (TPSA) is 57.3 Å². The first-order valence-corrected chi connectivity index (χ1v) is 7.10. The molecule has 20 heavy (non-hydrogen) atoms. The Bertz CT molecular complexity index is 445. The van der Waals surface area contributed by atoms with Crippen LogP contribution in [-0.2, 0) is 0 Å². The van der Waals surface area contributed by atoms with E-state index >= 15 is 0 Å². The van der Waals surface area contributed by atoms with E-state index in [1.807, 2.05) is 34.0 Å². The van der Waals surface area contributed by atoms with Crippen LogP contribution in [0, 0.1) is 6.92 Å². The van der Waals surface area contributed by atoms with Gasteiger partial charge in [-0.25, -0.2) is 4.98 Å². The highest BCUT2D eigenvalue weighted by Gasteiger charge is 2.12. The number of aryl methyl sites for hydroxylation is 1. The van der Waals surface area contributed by atoms with Crippen LogP contribution in [0.15, 0.2) is 12.1 Å². The van der Waals surface area contributed by atoms with Gasteiger partial charge in [-0.2, -0.15) is 0 Å². The number of aromatic nitrogens is 1. The number of likely N-dealkylation sites (N-methyl/N-ethyl adjacent to an activating group) is 1. The van der Waals surface area contributed by atoms with Gasteiger partial charge in [-0.3, -0.25) is 4.79 Å². The predicted octanol–water partition coefficient (Wildman–Crippen LogP) is 1.89. The smallest absolute Gasteiger partial charge is 0.251 e. The molecular formula is C15H26N4O. The van der Waals surface area contributed by atoms with Gasteiger partial charge in [-0.05, 0) is 46.5 Å². The standard InChI is InChI=1S/C15H26N4O/c1-6-7-16-14-9-13(8-11(2)17-14)15(20)18-12(3)10-19(4)5/h8-9,12H,6-7,10H2,1-5H3,(H,16,17)(H,18,20). The molecule has 1 rings (SSSR count). The average molecular weight is 278 g/mol. The molecule has 112 valence electrons. The summed E-state index contributed by atoms with van der Waals surface area (Å²) in [6.07, 6.45) is 1.02. The summed E-state index contributed by atoms with van der Waals surface area (Å²) in [7, 11) is 3.98. The molecule has 1 aromatic rings. The van der Waals surface area contributed by atoms with E-state index < -0.39 is 0 Å². The highest BCUT2D eigenvalue weighted by Crippen LogP contribution is 2.10. The number of anilines is 1. The molecule has 0 aliphatic rings. The molecule has 1 amide bonds. The van der Waals surface area contributed by atoms with Gasteiger partial charge >= 0.3 is 0 Å². The number of pyridine rings is 1. The van der Waals surface area contributed by atoms with Crippen molar-refractivity contribution in [1.82, 2.24) is 15.2 Å². The van der Waals surface area contributed by atoms with Crippen molar-refractivity contribution in [2.45, 2.75) is 33.2 Å². The summed E-state index contributed by atoms with van der Waals surface area (Å²) < 4.78 is 0. The number of carbonyl (C=O) groups excluding carboxylic acids is 1. The molecule has 0 saturated carbocycles. The van der Waals surface area contributed by atoms with Gasteiger partial charge in [0.05, 0.1) is 0 Å². The summed E-state index contributed by atoms with van der Waals surface area (Å²) in [6.45, 7) is 7.67. The molecule has 1 atom stereocenters. The van der Waals surface area contributed by atoms with E-state index in [2.05, 4.69) is 27.4 Å².